The third-order valence-electron chi connectivity index (χ3n) is 5.56. The van der Waals surface area contributed by atoms with E-state index in [1.165, 1.54) is 15.1 Å². The fourth-order valence-corrected chi connectivity index (χ4v) is 5.22. The molecule has 2 aromatic carbocycles. The summed E-state index contributed by atoms with van der Waals surface area (Å²) in [5.74, 6) is 0.406. The molecule has 0 fully saturated rings. The molecule has 0 radical (unpaired) electrons. The van der Waals surface area contributed by atoms with Gasteiger partial charge in [0.05, 0.1) is 33.9 Å². The van der Waals surface area contributed by atoms with Crippen LogP contribution in [0.5, 0.6) is 0 Å². The number of hydrogen-bond donors (Lipinski definition) is 1. The molecule has 0 spiro atoms. The van der Waals surface area contributed by atoms with E-state index in [0.29, 0.717) is 23.3 Å². The normalized spacial score (nSPS) is 13.2. The zero-order chi connectivity index (χ0) is 28.4. The van der Waals surface area contributed by atoms with E-state index in [-0.39, 0.29) is 28.7 Å². The number of nitrogens with one attached hydrogen (secondary N) is 1. The first kappa shape index (κ1) is 29.6. The van der Waals surface area contributed by atoms with Crippen LogP contribution in [0.15, 0.2) is 47.3 Å². The first-order valence-corrected chi connectivity index (χ1v) is 14.5. The Bertz CT molecular complexity index is 1500. The van der Waals surface area contributed by atoms with Crippen molar-refractivity contribution < 1.29 is 17.9 Å². The lowest BCUT2D eigenvalue weighted by Crippen LogP contribution is -2.37. The Kier molecular flexibility index (Phi) is 8.90. The van der Waals surface area contributed by atoms with Crippen molar-refractivity contribution in [3.8, 4) is 5.69 Å². The van der Waals surface area contributed by atoms with Crippen LogP contribution in [0.4, 0.5) is 4.79 Å². The number of aromatic nitrogens is 2. The van der Waals surface area contributed by atoms with Crippen LogP contribution in [0.3, 0.4) is 0 Å². The first-order valence-electron chi connectivity index (χ1n) is 12.3. The van der Waals surface area contributed by atoms with Gasteiger partial charge in [0.2, 0.25) is 10.0 Å². The average Bonchev–Trinajstić information content (AvgIpc) is 2.76. The maximum Gasteiger partial charge on any atom is 0.408 e. The van der Waals surface area contributed by atoms with Gasteiger partial charge in [-0.05, 0) is 63.4 Å². The van der Waals surface area contributed by atoms with Crippen LogP contribution in [0, 0.1) is 5.92 Å². The molecule has 1 atom stereocenters. The van der Waals surface area contributed by atoms with Crippen molar-refractivity contribution in [1.82, 2.24) is 19.2 Å². The van der Waals surface area contributed by atoms with Crippen molar-refractivity contribution >= 4 is 38.6 Å². The number of alkyl carbamates (subject to hydrolysis) is 1. The molecule has 38 heavy (non-hydrogen) atoms. The summed E-state index contributed by atoms with van der Waals surface area (Å²) in [6.07, 6.45) is 0.532. The Labute approximate surface area is 228 Å². The minimum Gasteiger partial charge on any atom is -0.444 e. The van der Waals surface area contributed by atoms with Crippen LogP contribution in [-0.4, -0.2) is 46.8 Å². The largest absolute Gasteiger partial charge is 0.444 e. The zero-order valence-corrected chi connectivity index (χ0v) is 24.4. The Morgan fingerprint density at radius 2 is 1.82 bits per heavy atom. The fourth-order valence-electron chi connectivity index (χ4n) is 4.02. The number of ether oxygens (including phenoxy) is 1. The average molecular weight is 563 g/mol. The van der Waals surface area contributed by atoms with E-state index < -0.39 is 33.3 Å². The molecule has 0 bridgehead atoms. The maximum absolute atomic E-state index is 13.8. The van der Waals surface area contributed by atoms with E-state index in [1.54, 1.807) is 70.2 Å². The topological polar surface area (TPSA) is 111 Å². The molecule has 3 rings (SSSR count). The quantitative estimate of drug-likeness (QED) is 0.411. The summed E-state index contributed by atoms with van der Waals surface area (Å²) in [6, 6.07) is 11.3. The summed E-state index contributed by atoms with van der Waals surface area (Å²) >= 11 is 6.39. The number of carbonyl (C=O) groups excluding carboxylic acids is 1. The van der Waals surface area contributed by atoms with Gasteiger partial charge in [-0.1, -0.05) is 43.6 Å². The van der Waals surface area contributed by atoms with E-state index >= 15 is 0 Å². The number of rotatable bonds is 8. The maximum atomic E-state index is 13.8. The van der Waals surface area contributed by atoms with Gasteiger partial charge in [-0.25, -0.2) is 18.2 Å². The van der Waals surface area contributed by atoms with Crippen LogP contribution in [0.1, 0.15) is 59.0 Å². The van der Waals surface area contributed by atoms with Crippen LogP contribution in [0.25, 0.3) is 16.6 Å². The molecule has 0 saturated heterocycles. The van der Waals surface area contributed by atoms with Gasteiger partial charge in [-0.2, -0.15) is 4.31 Å². The number of benzene rings is 2. The zero-order valence-electron chi connectivity index (χ0n) is 22.8. The number of amides is 1. The number of sulfonamides is 1. The Balaban J connectivity index is 2.15. The van der Waals surface area contributed by atoms with Crippen molar-refractivity contribution in [3.63, 3.8) is 0 Å². The van der Waals surface area contributed by atoms with E-state index in [4.69, 9.17) is 21.3 Å². The van der Waals surface area contributed by atoms with E-state index in [2.05, 4.69) is 5.32 Å². The monoisotopic (exact) mass is 562 g/mol. The van der Waals surface area contributed by atoms with Gasteiger partial charge >= 0.3 is 6.09 Å². The molecule has 11 heteroatoms. The van der Waals surface area contributed by atoms with Crippen LogP contribution in [-0.2, 0) is 21.3 Å². The molecule has 0 aliphatic carbocycles. The minimum atomic E-state index is -3.45. The predicted molar refractivity (Wildman–Crippen MR) is 150 cm³/mol. The molecular formula is C27H35ClN4O5S. The lowest BCUT2D eigenvalue weighted by Gasteiger charge is -2.24. The van der Waals surface area contributed by atoms with E-state index in [9.17, 15) is 18.0 Å². The summed E-state index contributed by atoms with van der Waals surface area (Å²) in [7, 11) is -3.45. The third kappa shape index (κ3) is 7.33. The summed E-state index contributed by atoms with van der Waals surface area (Å²) in [5, 5.41) is 3.25. The summed E-state index contributed by atoms with van der Waals surface area (Å²) < 4.78 is 33.0. The number of halogens is 1. The van der Waals surface area contributed by atoms with E-state index in [1.807, 2.05) is 13.8 Å². The second-order valence-corrected chi connectivity index (χ2v) is 13.1. The Morgan fingerprint density at radius 3 is 2.42 bits per heavy atom. The number of carbonyl (C=O) groups is 1. The van der Waals surface area contributed by atoms with Crippen molar-refractivity contribution in [2.75, 3.05) is 12.8 Å². The first-order chi connectivity index (χ1) is 17.6. The smallest absolute Gasteiger partial charge is 0.408 e. The molecule has 0 saturated carbocycles. The van der Waals surface area contributed by atoms with Gasteiger partial charge in [0.25, 0.3) is 5.56 Å². The van der Waals surface area contributed by atoms with Crippen molar-refractivity contribution in [3.05, 3.63) is 69.2 Å². The summed E-state index contributed by atoms with van der Waals surface area (Å²) in [4.78, 5) is 31.0. The van der Waals surface area contributed by atoms with Crippen molar-refractivity contribution in [2.45, 2.75) is 59.7 Å². The lowest BCUT2D eigenvalue weighted by atomic mass is 10.1. The molecular weight excluding hydrogens is 528 g/mol. The van der Waals surface area contributed by atoms with Gasteiger partial charge in [-0.15, -0.1) is 0 Å². The molecule has 1 aromatic heterocycles. The predicted octanol–water partition coefficient (Wildman–Crippen LogP) is 5.04. The lowest BCUT2D eigenvalue weighted by molar-refractivity contribution is 0.0505. The number of nitrogens with zero attached hydrogens (tertiary/aromatic N) is 3. The molecule has 0 aliphatic heterocycles. The van der Waals surface area contributed by atoms with Crippen molar-refractivity contribution in [2.24, 2.45) is 5.92 Å². The van der Waals surface area contributed by atoms with Gasteiger partial charge in [0.15, 0.2) is 0 Å². The highest BCUT2D eigenvalue weighted by Crippen LogP contribution is 2.24. The molecule has 0 aliphatic rings. The highest BCUT2D eigenvalue weighted by molar-refractivity contribution is 7.88. The molecule has 1 N–H and O–H groups in total. The van der Waals surface area contributed by atoms with Crippen LogP contribution >= 0.6 is 11.6 Å². The molecule has 3 aromatic rings. The molecule has 206 valence electrons. The minimum absolute atomic E-state index is 0.133. The van der Waals surface area contributed by atoms with Crippen LogP contribution in [0.2, 0.25) is 5.02 Å². The van der Waals surface area contributed by atoms with Crippen molar-refractivity contribution in [1.29, 1.82) is 0 Å². The highest BCUT2D eigenvalue weighted by atomic mass is 35.5. The van der Waals surface area contributed by atoms with Gasteiger partial charge in [-0.3, -0.25) is 9.36 Å². The number of hydrogen-bond acceptors (Lipinski definition) is 6. The van der Waals surface area contributed by atoms with Gasteiger partial charge in [0, 0.05) is 13.1 Å². The summed E-state index contributed by atoms with van der Waals surface area (Å²) in [6.45, 7) is 11.4. The SMILES string of the molecule is CC(C)CN(Cc1cccc(-n2c([C@H](C)NC(=O)OC(C)(C)C)nc3cccc(Cl)c3c2=O)c1)S(C)(=O)=O. The Hall–Kier alpha value is -2.95. The number of fused-ring (bicyclic) bond motifs is 1. The summed E-state index contributed by atoms with van der Waals surface area (Å²) in [5.41, 5.74) is 0.436. The third-order valence-corrected chi connectivity index (χ3v) is 7.09. The van der Waals surface area contributed by atoms with Gasteiger partial charge in [0.1, 0.15) is 11.4 Å². The fraction of sp³-hybridized carbons (Fsp3) is 0.444. The second kappa shape index (κ2) is 11.4. The van der Waals surface area contributed by atoms with E-state index in [0.717, 1.165) is 0 Å². The standard InChI is InChI=1S/C27H35ClN4O5S/c1-17(2)15-31(38(7,35)36)16-19-10-8-11-20(14-19)32-24(18(3)29-26(34)37-27(4,5)6)30-22-13-9-12-21(28)23(22)25(32)33/h8-14,17-18H,15-16H2,1-7H3,(H,29,34)/t18-/m0/s1. The van der Waals surface area contributed by atoms with Crippen LogP contribution < -0.4 is 10.9 Å². The molecule has 9 nitrogen and oxygen atoms in total. The second-order valence-electron chi connectivity index (χ2n) is 10.7. The molecule has 0 unspecified atom stereocenters. The van der Waals surface area contributed by atoms with Gasteiger partial charge < -0.3 is 10.1 Å². The molecule has 1 amide bonds. The molecule has 1 heterocycles. The highest BCUT2D eigenvalue weighted by Gasteiger charge is 2.24. The Morgan fingerprint density at radius 1 is 1.16 bits per heavy atom.